The standard InChI is InChI=1S/C28H33N3O4S/c1-31-28(29-22-10-5-4-6-11-22)36-26(30-31)15-13-20-16-21(27(35-3)24(33)18-20)9-7-8-19-12-14-25(34-2)23(32)17-19/h7-8,12-18,22,32-33H,4-6,9-11H2,1-3H3/b8-7?,15-13+,29-28?. The van der Waals surface area contributed by atoms with Crippen molar-refractivity contribution >= 4 is 29.6 Å². The highest BCUT2D eigenvalue weighted by Crippen LogP contribution is 2.33. The number of aromatic nitrogens is 2. The van der Waals surface area contributed by atoms with E-state index in [1.165, 1.54) is 26.4 Å². The van der Waals surface area contributed by atoms with E-state index in [1.54, 1.807) is 36.6 Å². The Morgan fingerprint density at radius 2 is 1.78 bits per heavy atom. The third kappa shape index (κ3) is 6.37. The van der Waals surface area contributed by atoms with Gasteiger partial charge in [0, 0.05) is 12.6 Å². The number of phenols is 2. The number of hydrogen-bond acceptors (Lipinski definition) is 7. The number of nitrogens with zero attached hydrogens (tertiary/aromatic N) is 3. The molecule has 2 N–H and O–H groups in total. The van der Waals surface area contributed by atoms with E-state index in [0.29, 0.717) is 24.0 Å². The van der Waals surface area contributed by atoms with Crippen molar-refractivity contribution in [2.24, 2.45) is 12.0 Å². The molecule has 190 valence electrons. The van der Waals surface area contributed by atoms with Crippen LogP contribution in [0.3, 0.4) is 0 Å². The van der Waals surface area contributed by atoms with Crippen LogP contribution in [0.15, 0.2) is 41.4 Å². The molecule has 1 heterocycles. The van der Waals surface area contributed by atoms with Crippen molar-refractivity contribution in [3.05, 3.63) is 62.9 Å². The Morgan fingerprint density at radius 1 is 1.00 bits per heavy atom. The number of rotatable bonds is 8. The molecule has 0 bridgehead atoms. The first-order valence-electron chi connectivity index (χ1n) is 12.2. The van der Waals surface area contributed by atoms with Gasteiger partial charge >= 0.3 is 0 Å². The fraction of sp³-hybridized carbons (Fsp3) is 0.357. The van der Waals surface area contributed by atoms with Crippen LogP contribution >= 0.6 is 11.3 Å². The van der Waals surface area contributed by atoms with Crippen LogP contribution in [0.25, 0.3) is 18.2 Å². The highest BCUT2D eigenvalue weighted by molar-refractivity contribution is 7.09. The molecule has 0 aliphatic heterocycles. The monoisotopic (exact) mass is 507 g/mol. The summed E-state index contributed by atoms with van der Waals surface area (Å²) in [5.74, 6) is 1.06. The van der Waals surface area contributed by atoms with E-state index in [4.69, 9.17) is 14.5 Å². The first-order chi connectivity index (χ1) is 17.5. The molecular formula is C28H33N3O4S. The van der Waals surface area contributed by atoms with Crippen LogP contribution in [0.1, 0.15) is 53.8 Å². The van der Waals surface area contributed by atoms with Gasteiger partial charge in [0.05, 0.1) is 20.3 Å². The second kappa shape index (κ2) is 11.9. The number of methoxy groups -OCH3 is 2. The third-order valence-corrected chi connectivity index (χ3v) is 7.21. The van der Waals surface area contributed by atoms with Crippen molar-refractivity contribution in [3.63, 3.8) is 0 Å². The molecule has 0 atom stereocenters. The molecule has 0 saturated heterocycles. The summed E-state index contributed by atoms with van der Waals surface area (Å²) in [4.78, 5) is 5.86. The summed E-state index contributed by atoms with van der Waals surface area (Å²) in [5.41, 5.74) is 2.55. The minimum absolute atomic E-state index is 0.0859. The van der Waals surface area contributed by atoms with Crippen molar-refractivity contribution in [2.45, 2.75) is 44.6 Å². The number of allylic oxidation sites excluding steroid dienone is 1. The number of benzene rings is 2. The fourth-order valence-corrected chi connectivity index (χ4v) is 5.26. The van der Waals surface area contributed by atoms with E-state index < -0.39 is 0 Å². The van der Waals surface area contributed by atoms with Crippen LogP contribution in [0.2, 0.25) is 0 Å². The van der Waals surface area contributed by atoms with Gasteiger partial charge in [-0.3, -0.25) is 4.99 Å². The second-order valence-electron chi connectivity index (χ2n) is 8.87. The summed E-state index contributed by atoms with van der Waals surface area (Å²) in [6, 6.07) is 9.31. The van der Waals surface area contributed by atoms with Gasteiger partial charge < -0.3 is 19.7 Å². The zero-order valence-electron chi connectivity index (χ0n) is 21.0. The highest BCUT2D eigenvalue weighted by atomic mass is 32.1. The maximum Gasteiger partial charge on any atom is 0.203 e. The molecule has 0 spiro atoms. The predicted octanol–water partition coefficient (Wildman–Crippen LogP) is 5.57. The largest absolute Gasteiger partial charge is 0.504 e. The van der Waals surface area contributed by atoms with E-state index >= 15 is 0 Å². The molecule has 1 saturated carbocycles. The van der Waals surface area contributed by atoms with Gasteiger partial charge in [-0.1, -0.05) is 54.9 Å². The highest BCUT2D eigenvalue weighted by Gasteiger charge is 2.13. The zero-order chi connectivity index (χ0) is 25.5. The average molecular weight is 508 g/mol. The molecule has 0 radical (unpaired) electrons. The van der Waals surface area contributed by atoms with Crippen molar-refractivity contribution < 1.29 is 19.7 Å². The SMILES string of the molecule is COc1ccc(C=CCc2cc(/C=C/c3nn(C)c(=NC4CCCCC4)s3)cc(O)c2OC)cc1O. The lowest BCUT2D eigenvalue weighted by Crippen LogP contribution is -2.18. The fourth-order valence-electron chi connectivity index (χ4n) is 4.39. The Kier molecular flexibility index (Phi) is 8.48. The summed E-state index contributed by atoms with van der Waals surface area (Å²) in [7, 11) is 5.00. The van der Waals surface area contributed by atoms with Gasteiger partial charge in [0.2, 0.25) is 4.80 Å². The molecule has 36 heavy (non-hydrogen) atoms. The van der Waals surface area contributed by atoms with E-state index in [1.807, 2.05) is 48.2 Å². The summed E-state index contributed by atoms with van der Waals surface area (Å²) in [6.45, 7) is 0. The van der Waals surface area contributed by atoms with Gasteiger partial charge in [-0.05, 0) is 60.7 Å². The number of aryl methyl sites for hydroxylation is 1. The molecule has 1 fully saturated rings. The van der Waals surface area contributed by atoms with Crippen molar-refractivity contribution in [1.82, 2.24) is 9.78 Å². The first-order valence-corrected chi connectivity index (χ1v) is 13.0. The molecule has 4 rings (SSSR count). The molecule has 7 nitrogen and oxygen atoms in total. The molecule has 0 unspecified atom stereocenters. The van der Waals surface area contributed by atoms with Crippen molar-refractivity contribution in [2.75, 3.05) is 14.2 Å². The molecule has 3 aromatic rings. The average Bonchev–Trinajstić information content (AvgIpc) is 3.22. The maximum absolute atomic E-state index is 10.5. The summed E-state index contributed by atoms with van der Waals surface area (Å²) in [5, 5.41) is 26.0. The molecule has 1 aliphatic rings. The molecular weight excluding hydrogens is 474 g/mol. The van der Waals surface area contributed by atoms with Gasteiger partial charge in [0.1, 0.15) is 5.01 Å². The summed E-state index contributed by atoms with van der Waals surface area (Å²) >= 11 is 1.57. The number of hydrogen-bond donors (Lipinski definition) is 2. The van der Waals surface area contributed by atoms with Gasteiger partial charge in [0.25, 0.3) is 0 Å². The van der Waals surface area contributed by atoms with Crippen molar-refractivity contribution in [1.29, 1.82) is 0 Å². The summed E-state index contributed by atoms with van der Waals surface area (Å²) < 4.78 is 12.4. The lowest BCUT2D eigenvalue weighted by molar-refractivity contribution is 0.370. The predicted molar refractivity (Wildman–Crippen MR) is 145 cm³/mol. The Hall–Kier alpha value is -3.52. The minimum Gasteiger partial charge on any atom is -0.504 e. The molecule has 8 heteroatoms. The van der Waals surface area contributed by atoms with Crippen LogP contribution in [-0.4, -0.2) is 40.3 Å². The number of aromatic hydroxyl groups is 2. The maximum atomic E-state index is 10.5. The van der Waals surface area contributed by atoms with Crippen molar-refractivity contribution in [3.8, 4) is 23.0 Å². The first kappa shape index (κ1) is 25.6. The van der Waals surface area contributed by atoms with Crippen LogP contribution < -0.4 is 14.3 Å². The third-order valence-electron chi connectivity index (χ3n) is 6.23. The van der Waals surface area contributed by atoms with Gasteiger partial charge in [-0.15, -0.1) is 0 Å². The Morgan fingerprint density at radius 3 is 2.50 bits per heavy atom. The Labute approximate surface area is 215 Å². The molecule has 2 aromatic carbocycles. The van der Waals surface area contributed by atoms with Gasteiger partial charge in [-0.2, -0.15) is 5.10 Å². The lowest BCUT2D eigenvalue weighted by Gasteiger charge is -2.16. The molecule has 0 amide bonds. The number of phenolic OH excluding ortho intramolecular Hbond substituents is 2. The number of ether oxygens (including phenoxy) is 2. The molecule has 1 aromatic heterocycles. The molecule has 1 aliphatic carbocycles. The topological polar surface area (TPSA) is 89.1 Å². The zero-order valence-corrected chi connectivity index (χ0v) is 21.8. The van der Waals surface area contributed by atoms with Crippen LogP contribution in [-0.2, 0) is 13.5 Å². The van der Waals surface area contributed by atoms with E-state index in [9.17, 15) is 10.2 Å². The Balaban J connectivity index is 1.51. The smallest absolute Gasteiger partial charge is 0.203 e. The van der Waals surface area contributed by atoms with Gasteiger partial charge in [-0.25, -0.2) is 4.68 Å². The summed E-state index contributed by atoms with van der Waals surface area (Å²) in [6.07, 6.45) is 14.4. The minimum atomic E-state index is 0.0859. The van der Waals surface area contributed by atoms with E-state index in [-0.39, 0.29) is 11.5 Å². The quantitative estimate of drug-likeness (QED) is 0.416. The second-order valence-corrected chi connectivity index (χ2v) is 9.86. The normalized spacial score (nSPS) is 15.2. The Bertz CT molecular complexity index is 1320. The van der Waals surface area contributed by atoms with E-state index in [0.717, 1.165) is 39.3 Å². The van der Waals surface area contributed by atoms with Crippen LogP contribution in [0.4, 0.5) is 0 Å². The van der Waals surface area contributed by atoms with Gasteiger partial charge in [0.15, 0.2) is 23.0 Å². The van der Waals surface area contributed by atoms with Crippen LogP contribution in [0, 0.1) is 0 Å². The lowest BCUT2D eigenvalue weighted by atomic mass is 9.96. The van der Waals surface area contributed by atoms with Crippen LogP contribution in [0.5, 0.6) is 23.0 Å². The van der Waals surface area contributed by atoms with E-state index in [2.05, 4.69) is 5.10 Å².